The maximum Gasteiger partial charge on any atom is 0.338 e. The number of rotatable bonds is 9. The van der Waals surface area contributed by atoms with Crippen LogP contribution in [0.2, 0.25) is 0 Å². The SMILES string of the molecule is C=CCO[C@H]1O[C@H](CSC#N)[C@H](SC#N)[C@H](OC(=O)c2ccccc2)[C@H]1NC(C)=O. The molecule has 1 aromatic rings. The zero-order valence-electron chi connectivity index (χ0n) is 16.2. The fourth-order valence-electron chi connectivity index (χ4n) is 2.96. The topological polar surface area (TPSA) is 121 Å². The molecule has 1 aromatic carbocycles. The molecule has 0 saturated carbocycles. The van der Waals surface area contributed by atoms with Crippen molar-refractivity contribution in [3.8, 4) is 10.8 Å². The van der Waals surface area contributed by atoms with Crippen LogP contribution in [0.15, 0.2) is 43.0 Å². The van der Waals surface area contributed by atoms with E-state index in [2.05, 4.69) is 11.9 Å². The van der Waals surface area contributed by atoms with Crippen LogP contribution in [-0.4, -0.2) is 54.0 Å². The Hall–Kier alpha value is -2.50. The van der Waals surface area contributed by atoms with E-state index in [1.165, 1.54) is 13.0 Å². The van der Waals surface area contributed by atoms with Crippen LogP contribution >= 0.6 is 23.5 Å². The summed E-state index contributed by atoms with van der Waals surface area (Å²) in [5.41, 5.74) is 0.331. The molecule has 1 fully saturated rings. The van der Waals surface area contributed by atoms with E-state index in [0.717, 1.165) is 23.5 Å². The molecule has 1 aliphatic rings. The minimum Gasteiger partial charge on any atom is -0.455 e. The van der Waals surface area contributed by atoms with Crippen molar-refractivity contribution in [1.82, 2.24) is 5.32 Å². The summed E-state index contributed by atoms with van der Waals surface area (Å²) in [5, 5.41) is 24.3. The van der Waals surface area contributed by atoms with Crippen LogP contribution in [0.4, 0.5) is 0 Å². The highest BCUT2D eigenvalue weighted by atomic mass is 32.2. The van der Waals surface area contributed by atoms with Crippen molar-refractivity contribution >= 4 is 35.4 Å². The second-order valence-corrected chi connectivity index (χ2v) is 7.97. The third-order valence-corrected chi connectivity index (χ3v) is 5.72. The molecule has 0 unspecified atom stereocenters. The molecule has 158 valence electrons. The van der Waals surface area contributed by atoms with Gasteiger partial charge in [0.15, 0.2) is 6.29 Å². The minimum atomic E-state index is -0.958. The first-order valence-electron chi connectivity index (χ1n) is 8.98. The van der Waals surface area contributed by atoms with Crippen molar-refractivity contribution in [2.24, 2.45) is 0 Å². The van der Waals surface area contributed by atoms with Gasteiger partial charge < -0.3 is 19.5 Å². The summed E-state index contributed by atoms with van der Waals surface area (Å²) in [5.74, 6) is -0.742. The van der Waals surface area contributed by atoms with Gasteiger partial charge in [-0.15, -0.1) is 6.58 Å². The van der Waals surface area contributed by atoms with Gasteiger partial charge in [-0.2, -0.15) is 10.5 Å². The van der Waals surface area contributed by atoms with Gasteiger partial charge in [0.1, 0.15) is 22.9 Å². The van der Waals surface area contributed by atoms with Gasteiger partial charge in [-0.05, 0) is 35.7 Å². The molecule has 1 N–H and O–H groups in total. The van der Waals surface area contributed by atoms with Crippen LogP contribution in [0.5, 0.6) is 0 Å². The first-order chi connectivity index (χ1) is 14.5. The van der Waals surface area contributed by atoms with Crippen LogP contribution in [0.1, 0.15) is 17.3 Å². The van der Waals surface area contributed by atoms with Crippen LogP contribution in [0, 0.1) is 21.3 Å². The van der Waals surface area contributed by atoms with Gasteiger partial charge >= 0.3 is 5.97 Å². The molecule has 0 spiro atoms. The van der Waals surface area contributed by atoms with Crippen LogP contribution in [0.25, 0.3) is 0 Å². The molecular formula is C20H21N3O5S2. The number of amides is 1. The average molecular weight is 448 g/mol. The van der Waals surface area contributed by atoms with Gasteiger partial charge in [-0.3, -0.25) is 4.79 Å². The summed E-state index contributed by atoms with van der Waals surface area (Å²) >= 11 is 1.82. The Morgan fingerprint density at radius 2 is 2.03 bits per heavy atom. The van der Waals surface area contributed by atoms with Gasteiger partial charge in [0.25, 0.3) is 0 Å². The standard InChI is InChI=1S/C20H21N3O5S2/c1-3-9-26-20-16(23-13(2)24)17(28-19(25)14-7-5-4-6-8-14)18(30-12-22)15(27-20)10-29-11-21/h3-8,15-18,20H,1,9-10H2,2H3,(H,23,24)/t15-,16-,17-,18+,20+/m1/s1. The van der Waals surface area contributed by atoms with E-state index in [4.69, 9.17) is 19.5 Å². The number of esters is 1. The summed E-state index contributed by atoms with van der Waals surface area (Å²) < 4.78 is 17.4. The molecule has 0 aliphatic carbocycles. The quantitative estimate of drug-likeness (QED) is 0.345. The lowest BCUT2D eigenvalue weighted by Gasteiger charge is -2.44. The van der Waals surface area contributed by atoms with Gasteiger partial charge in [-0.25, -0.2) is 4.79 Å². The number of nitrogens with one attached hydrogen (secondary N) is 1. The normalized spacial score (nSPS) is 25.4. The minimum absolute atomic E-state index is 0.133. The Balaban J connectivity index is 2.39. The van der Waals surface area contributed by atoms with Crippen molar-refractivity contribution in [2.75, 3.05) is 12.4 Å². The Labute approximate surface area is 183 Å². The first kappa shape index (κ1) is 23.8. The molecule has 30 heavy (non-hydrogen) atoms. The summed E-state index contributed by atoms with van der Waals surface area (Å²) in [6.45, 7) is 5.06. The fourth-order valence-corrected chi connectivity index (χ4v) is 4.40. The first-order valence-corrected chi connectivity index (χ1v) is 10.8. The molecule has 0 aromatic heterocycles. The lowest BCUT2D eigenvalue weighted by molar-refractivity contribution is -0.218. The number of carbonyl (C=O) groups is 2. The van der Waals surface area contributed by atoms with Crippen molar-refractivity contribution < 1.29 is 23.8 Å². The van der Waals surface area contributed by atoms with Gasteiger partial charge in [0.05, 0.1) is 23.5 Å². The fraction of sp³-hybridized carbons (Fsp3) is 0.400. The Bertz CT molecular complexity index is 824. The second kappa shape index (κ2) is 12.3. The number of thioether (sulfide) groups is 2. The number of ether oxygens (including phenoxy) is 3. The van der Waals surface area contributed by atoms with Crippen LogP contribution < -0.4 is 5.32 Å². The molecular weight excluding hydrogens is 426 g/mol. The predicted octanol–water partition coefficient (Wildman–Crippen LogP) is 2.44. The Morgan fingerprint density at radius 1 is 1.30 bits per heavy atom. The van der Waals surface area contributed by atoms with E-state index < -0.39 is 35.8 Å². The van der Waals surface area contributed by atoms with E-state index >= 15 is 0 Å². The maximum absolute atomic E-state index is 12.8. The van der Waals surface area contributed by atoms with Gasteiger partial charge in [-0.1, -0.05) is 24.3 Å². The number of nitrogens with zero attached hydrogens (tertiary/aromatic N) is 2. The lowest BCUT2D eigenvalue weighted by Crippen LogP contribution is -2.64. The molecule has 1 saturated heterocycles. The molecule has 0 radical (unpaired) electrons. The number of thiocyanates is 2. The molecule has 2 rings (SSSR count). The molecule has 1 amide bonds. The highest BCUT2D eigenvalue weighted by Crippen LogP contribution is 2.34. The lowest BCUT2D eigenvalue weighted by atomic mass is 9.99. The molecule has 5 atom stereocenters. The Kier molecular flexibility index (Phi) is 9.71. The summed E-state index contributed by atoms with van der Waals surface area (Å²) in [4.78, 5) is 24.6. The number of nitriles is 2. The van der Waals surface area contributed by atoms with Crippen molar-refractivity contribution in [3.63, 3.8) is 0 Å². The number of hydrogen-bond acceptors (Lipinski definition) is 9. The third-order valence-electron chi connectivity index (χ3n) is 4.15. The van der Waals surface area contributed by atoms with Crippen molar-refractivity contribution in [3.05, 3.63) is 48.6 Å². The zero-order valence-corrected chi connectivity index (χ0v) is 17.9. The molecule has 0 bridgehead atoms. The van der Waals surface area contributed by atoms with Crippen LogP contribution in [0.3, 0.4) is 0 Å². The summed E-state index contributed by atoms with van der Waals surface area (Å²) in [6, 6.07) is 7.54. The van der Waals surface area contributed by atoms with Crippen molar-refractivity contribution in [2.45, 2.75) is 36.7 Å². The van der Waals surface area contributed by atoms with E-state index in [1.807, 2.05) is 10.8 Å². The molecule has 1 heterocycles. The summed E-state index contributed by atoms with van der Waals surface area (Å²) in [6.07, 6.45) is -0.999. The predicted molar refractivity (Wildman–Crippen MR) is 113 cm³/mol. The van der Waals surface area contributed by atoms with Gasteiger partial charge in [0, 0.05) is 12.7 Å². The van der Waals surface area contributed by atoms with Crippen molar-refractivity contribution in [1.29, 1.82) is 10.5 Å². The zero-order chi connectivity index (χ0) is 21.9. The summed E-state index contributed by atoms with van der Waals surface area (Å²) in [7, 11) is 0. The number of hydrogen-bond donors (Lipinski definition) is 1. The van der Waals surface area contributed by atoms with E-state index in [0.29, 0.717) is 5.56 Å². The van der Waals surface area contributed by atoms with Crippen LogP contribution in [-0.2, 0) is 19.0 Å². The molecule has 10 heteroatoms. The number of carbonyl (C=O) groups excluding carboxylic acids is 2. The highest BCUT2D eigenvalue weighted by Gasteiger charge is 2.49. The third kappa shape index (κ3) is 6.51. The average Bonchev–Trinajstić information content (AvgIpc) is 2.74. The maximum atomic E-state index is 12.8. The molecule has 1 aliphatic heterocycles. The largest absolute Gasteiger partial charge is 0.455 e. The smallest absolute Gasteiger partial charge is 0.338 e. The van der Waals surface area contributed by atoms with E-state index in [-0.39, 0.29) is 18.3 Å². The monoisotopic (exact) mass is 447 g/mol. The second-order valence-electron chi connectivity index (χ2n) is 6.20. The highest BCUT2D eigenvalue weighted by molar-refractivity contribution is 8.05. The number of benzene rings is 1. The molecule has 8 nitrogen and oxygen atoms in total. The van der Waals surface area contributed by atoms with E-state index in [9.17, 15) is 14.9 Å². The Morgan fingerprint density at radius 3 is 2.63 bits per heavy atom. The van der Waals surface area contributed by atoms with Gasteiger partial charge in [0.2, 0.25) is 5.91 Å². The van der Waals surface area contributed by atoms with E-state index in [1.54, 1.807) is 30.3 Å².